The zero-order chi connectivity index (χ0) is 15.0. The summed E-state index contributed by atoms with van der Waals surface area (Å²) in [6.45, 7) is 3.20. The zero-order valence-corrected chi connectivity index (χ0v) is 12.8. The van der Waals surface area contributed by atoms with Gasteiger partial charge < -0.3 is 9.64 Å². The molecule has 0 aromatic heterocycles. The first-order chi connectivity index (χ1) is 10.8. The maximum atomic E-state index is 12.5. The number of nitrogens with one attached hydrogen (secondary N) is 2. The van der Waals surface area contributed by atoms with Gasteiger partial charge in [0.2, 0.25) is 5.91 Å². The smallest absolute Gasteiger partial charge is 0.241 e. The third-order valence-electron chi connectivity index (χ3n) is 5.24. The van der Waals surface area contributed by atoms with Crippen LogP contribution in [0.4, 0.5) is 0 Å². The molecule has 5 heteroatoms. The Kier molecular flexibility index (Phi) is 3.64. The van der Waals surface area contributed by atoms with Crippen molar-refractivity contribution in [1.82, 2.24) is 15.8 Å². The highest BCUT2D eigenvalue weighted by Crippen LogP contribution is 2.42. The molecule has 1 amide bonds. The predicted octanol–water partition coefficient (Wildman–Crippen LogP) is 1.03. The topological polar surface area (TPSA) is 53.6 Å². The summed E-state index contributed by atoms with van der Waals surface area (Å²) in [7, 11) is 0. The third-order valence-corrected chi connectivity index (χ3v) is 5.24. The van der Waals surface area contributed by atoms with E-state index in [2.05, 4.69) is 35.1 Å². The molecule has 0 aliphatic carbocycles. The van der Waals surface area contributed by atoms with Crippen LogP contribution in [0.5, 0.6) is 0 Å². The summed E-state index contributed by atoms with van der Waals surface area (Å²) >= 11 is 0. The number of ether oxygens (including phenoxy) is 1. The van der Waals surface area contributed by atoms with Crippen LogP contribution in [0.25, 0.3) is 0 Å². The number of rotatable bonds is 2. The van der Waals surface area contributed by atoms with Gasteiger partial charge in [0, 0.05) is 25.6 Å². The Labute approximate surface area is 131 Å². The Morgan fingerprint density at radius 2 is 2.18 bits per heavy atom. The van der Waals surface area contributed by atoms with Crippen LogP contribution in [-0.2, 0) is 9.53 Å². The van der Waals surface area contributed by atoms with Gasteiger partial charge >= 0.3 is 0 Å². The average molecular weight is 301 g/mol. The van der Waals surface area contributed by atoms with Crippen molar-refractivity contribution >= 4 is 5.91 Å². The van der Waals surface area contributed by atoms with Crippen LogP contribution in [-0.4, -0.2) is 48.7 Å². The number of nitrogens with zero attached hydrogens (tertiary/aromatic N) is 1. The van der Waals surface area contributed by atoms with Crippen LogP contribution in [0, 0.1) is 0 Å². The lowest BCUT2D eigenvalue weighted by atomic mass is 9.89. The van der Waals surface area contributed by atoms with Gasteiger partial charge in [-0.05, 0) is 24.8 Å². The van der Waals surface area contributed by atoms with E-state index >= 15 is 0 Å². The van der Waals surface area contributed by atoms with Crippen molar-refractivity contribution in [2.75, 3.05) is 26.2 Å². The Morgan fingerprint density at radius 1 is 1.32 bits per heavy atom. The quantitative estimate of drug-likeness (QED) is 0.857. The average Bonchev–Trinajstić information content (AvgIpc) is 3.30. The number of carbonyl (C=O) groups is 1. The minimum absolute atomic E-state index is 0.0681. The molecule has 0 radical (unpaired) electrons. The fourth-order valence-electron chi connectivity index (χ4n) is 3.99. The van der Waals surface area contributed by atoms with E-state index in [0.717, 1.165) is 45.5 Å². The van der Waals surface area contributed by atoms with E-state index in [1.165, 1.54) is 5.56 Å². The van der Waals surface area contributed by atoms with Gasteiger partial charge in [-0.3, -0.25) is 10.2 Å². The summed E-state index contributed by atoms with van der Waals surface area (Å²) in [6, 6.07) is 10.5. The van der Waals surface area contributed by atoms with E-state index in [9.17, 15) is 4.79 Å². The molecule has 3 atom stereocenters. The second-order valence-electron chi connectivity index (χ2n) is 6.73. The SMILES string of the molecule is O=C(C1CCNN1)N1CCC2(CC(c3ccccc3)CO2)C1. The fourth-order valence-corrected chi connectivity index (χ4v) is 3.99. The molecule has 118 valence electrons. The molecular formula is C17H23N3O2. The molecule has 22 heavy (non-hydrogen) atoms. The van der Waals surface area contributed by atoms with Crippen molar-refractivity contribution in [3.05, 3.63) is 35.9 Å². The molecule has 4 rings (SSSR count). The number of hydrogen-bond donors (Lipinski definition) is 2. The number of benzene rings is 1. The molecule has 0 bridgehead atoms. The second-order valence-corrected chi connectivity index (χ2v) is 6.73. The molecule has 0 saturated carbocycles. The number of likely N-dealkylation sites (tertiary alicyclic amines) is 1. The van der Waals surface area contributed by atoms with Crippen LogP contribution in [0.1, 0.15) is 30.7 Å². The normalized spacial score (nSPS) is 34.6. The Morgan fingerprint density at radius 3 is 2.95 bits per heavy atom. The van der Waals surface area contributed by atoms with E-state index in [1.54, 1.807) is 0 Å². The minimum atomic E-state index is -0.123. The summed E-state index contributed by atoms with van der Waals surface area (Å²) in [5.41, 5.74) is 7.33. The minimum Gasteiger partial charge on any atom is -0.372 e. The van der Waals surface area contributed by atoms with Crippen LogP contribution in [0.15, 0.2) is 30.3 Å². The number of hydrogen-bond acceptors (Lipinski definition) is 4. The van der Waals surface area contributed by atoms with Gasteiger partial charge in [-0.15, -0.1) is 0 Å². The Bertz CT molecular complexity index is 544. The maximum absolute atomic E-state index is 12.5. The van der Waals surface area contributed by atoms with Crippen molar-refractivity contribution in [3.63, 3.8) is 0 Å². The molecule has 3 aliphatic heterocycles. The van der Waals surface area contributed by atoms with Crippen LogP contribution in [0.3, 0.4) is 0 Å². The summed E-state index contributed by atoms with van der Waals surface area (Å²) in [5.74, 6) is 0.677. The van der Waals surface area contributed by atoms with E-state index < -0.39 is 0 Å². The van der Waals surface area contributed by atoms with Crippen LogP contribution in [0.2, 0.25) is 0 Å². The molecule has 3 heterocycles. The number of hydrazine groups is 1. The third kappa shape index (κ3) is 2.53. The van der Waals surface area contributed by atoms with E-state index in [0.29, 0.717) is 5.92 Å². The first-order valence-corrected chi connectivity index (χ1v) is 8.22. The van der Waals surface area contributed by atoms with Crippen molar-refractivity contribution in [2.45, 2.75) is 36.8 Å². The highest BCUT2D eigenvalue weighted by molar-refractivity contribution is 5.82. The Hall–Kier alpha value is -1.43. The standard InChI is InChI=1S/C17H23N3O2/c21-16(15-6-8-18-19-15)20-9-7-17(12-20)10-14(11-22-17)13-4-2-1-3-5-13/h1-5,14-15,18-19H,6-12H2. The van der Waals surface area contributed by atoms with Gasteiger partial charge in [0.25, 0.3) is 0 Å². The van der Waals surface area contributed by atoms with Gasteiger partial charge in [-0.25, -0.2) is 5.43 Å². The second kappa shape index (κ2) is 5.65. The molecule has 2 N–H and O–H groups in total. The lowest BCUT2D eigenvalue weighted by Crippen LogP contribution is -2.46. The summed E-state index contributed by atoms with van der Waals surface area (Å²) in [4.78, 5) is 14.5. The molecule has 3 aliphatic rings. The van der Waals surface area contributed by atoms with E-state index in [-0.39, 0.29) is 17.6 Å². The number of amides is 1. The van der Waals surface area contributed by atoms with Crippen molar-refractivity contribution in [1.29, 1.82) is 0 Å². The molecule has 3 fully saturated rings. The molecule has 1 spiro atoms. The van der Waals surface area contributed by atoms with Gasteiger partial charge in [0.15, 0.2) is 0 Å². The summed E-state index contributed by atoms with van der Waals surface area (Å²) in [6.07, 6.45) is 2.86. The zero-order valence-electron chi connectivity index (χ0n) is 12.8. The molecular weight excluding hydrogens is 278 g/mol. The molecule has 3 saturated heterocycles. The maximum Gasteiger partial charge on any atom is 0.241 e. The van der Waals surface area contributed by atoms with Gasteiger partial charge in [0.1, 0.15) is 6.04 Å². The molecule has 1 aromatic carbocycles. The Balaban J connectivity index is 1.41. The molecule has 5 nitrogen and oxygen atoms in total. The van der Waals surface area contributed by atoms with Gasteiger partial charge in [0.05, 0.1) is 12.2 Å². The predicted molar refractivity (Wildman–Crippen MR) is 83.2 cm³/mol. The van der Waals surface area contributed by atoms with Crippen molar-refractivity contribution < 1.29 is 9.53 Å². The van der Waals surface area contributed by atoms with Crippen LogP contribution < -0.4 is 10.9 Å². The van der Waals surface area contributed by atoms with Crippen molar-refractivity contribution in [3.8, 4) is 0 Å². The van der Waals surface area contributed by atoms with Crippen LogP contribution >= 0.6 is 0 Å². The first kappa shape index (κ1) is 14.2. The summed E-state index contributed by atoms with van der Waals surface area (Å²) < 4.78 is 6.18. The largest absolute Gasteiger partial charge is 0.372 e. The fraction of sp³-hybridized carbons (Fsp3) is 0.588. The van der Waals surface area contributed by atoms with E-state index in [4.69, 9.17) is 4.74 Å². The first-order valence-electron chi connectivity index (χ1n) is 8.22. The monoisotopic (exact) mass is 301 g/mol. The van der Waals surface area contributed by atoms with Gasteiger partial charge in [-0.2, -0.15) is 0 Å². The van der Waals surface area contributed by atoms with E-state index in [1.807, 2.05) is 11.0 Å². The molecule has 1 aromatic rings. The number of carbonyl (C=O) groups excluding carboxylic acids is 1. The van der Waals surface area contributed by atoms with Crippen molar-refractivity contribution in [2.24, 2.45) is 0 Å². The lowest BCUT2D eigenvalue weighted by molar-refractivity contribution is -0.133. The highest BCUT2D eigenvalue weighted by Gasteiger charge is 2.47. The highest BCUT2D eigenvalue weighted by atomic mass is 16.5. The lowest BCUT2D eigenvalue weighted by Gasteiger charge is -2.25. The summed E-state index contributed by atoms with van der Waals surface area (Å²) in [5, 5.41) is 0. The molecule has 3 unspecified atom stereocenters. The van der Waals surface area contributed by atoms with Gasteiger partial charge in [-0.1, -0.05) is 30.3 Å².